The molecule has 0 atom stereocenters. The van der Waals surface area contributed by atoms with E-state index in [1.165, 1.54) is 11.8 Å². The van der Waals surface area contributed by atoms with Gasteiger partial charge in [-0.2, -0.15) is 5.10 Å². The van der Waals surface area contributed by atoms with Gasteiger partial charge in [0.1, 0.15) is 5.65 Å². The molecule has 2 aromatic heterocycles. The molecule has 3 heterocycles. The first-order chi connectivity index (χ1) is 12.3. The van der Waals surface area contributed by atoms with Crippen LogP contribution >= 0.6 is 11.8 Å². The Morgan fingerprint density at radius 2 is 1.96 bits per heavy atom. The van der Waals surface area contributed by atoms with E-state index in [-0.39, 0.29) is 12.3 Å². The SMILES string of the molecule is O=C(Cc1cn2ccccc2n1)NC1=NN=C(c2ccccc2)CS1. The number of nitrogens with zero attached hydrogens (tertiary/aromatic N) is 4. The van der Waals surface area contributed by atoms with E-state index in [0.717, 1.165) is 22.6 Å². The zero-order chi connectivity index (χ0) is 17.1. The second-order valence-electron chi connectivity index (χ2n) is 5.53. The van der Waals surface area contributed by atoms with Crippen LogP contribution in [0.25, 0.3) is 5.65 Å². The third kappa shape index (κ3) is 3.61. The van der Waals surface area contributed by atoms with Gasteiger partial charge in [0.25, 0.3) is 0 Å². The molecule has 1 aliphatic heterocycles. The number of hydrogen-bond acceptors (Lipinski definition) is 5. The molecule has 1 aliphatic rings. The molecule has 0 fully saturated rings. The highest BCUT2D eigenvalue weighted by Crippen LogP contribution is 2.14. The first kappa shape index (κ1) is 15.6. The molecule has 1 N–H and O–H groups in total. The summed E-state index contributed by atoms with van der Waals surface area (Å²) in [6, 6.07) is 15.7. The van der Waals surface area contributed by atoms with E-state index in [0.29, 0.717) is 10.9 Å². The predicted octanol–water partition coefficient (Wildman–Crippen LogP) is 2.50. The lowest BCUT2D eigenvalue weighted by Crippen LogP contribution is -2.31. The number of amides is 1. The van der Waals surface area contributed by atoms with Crippen LogP contribution in [0.2, 0.25) is 0 Å². The molecule has 0 aliphatic carbocycles. The molecule has 124 valence electrons. The van der Waals surface area contributed by atoms with Crippen LogP contribution in [-0.4, -0.2) is 31.9 Å². The van der Waals surface area contributed by atoms with Gasteiger partial charge in [0.15, 0.2) is 5.17 Å². The molecule has 0 unspecified atom stereocenters. The third-order valence-corrected chi connectivity index (χ3v) is 4.59. The van der Waals surface area contributed by atoms with E-state index < -0.39 is 0 Å². The van der Waals surface area contributed by atoms with Gasteiger partial charge in [-0.05, 0) is 17.7 Å². The van der Waals surface area contributed by atoms with Crippen molar-refractivity contribution in [2.45, 2.75) is 6.42 Å². The van der Waals surface area contributed by atoms with Crippen molar-refractivity contribution in [1.82, 2.24) is 14.7 Å². The normalized spacial score (nSPS) is 14.1. The van der Waals surface area contributed by atoms with Crippen molar-refractivity contribution in [2.24, 2.45) is 10.2 Å². The molecule has 0 bridgehead atoms. The Balaban J connectivity index is 1.41. The van der Waals surface area contributed by atoms with Crippen molar-refractivity contribution in [3.63, 3.8) is 0 Å². The Hall–Kier alpha value is -2.93. The highest BCUT2D eigenvalue weighted by atomic mass is 32.2. The summed E-state index contributed by atoms with van der Waals surface area (Å²) in [5.74, 6) is 0.533. The number of aromatic nitrogens is 2. The standard InChI is InChI=1S/C18H15N5OS/c24-17(10-14-11-23-9-5-4-8-16(23)19-14)20-18-22-21-15(12-25-18)13-6-2-1-3-7-13/h1-9,11H,10,12H2,(H,20,22,24). The van der Waals surface area contributed by atoms with Crippen LogP contribution in [0.15, 0.2) is 71.1 Å². The molecule has 4 rings (SSSR count). The first-order valence-electron chi connectivity index (χ1n) is 7.83. The van der Waals surface area contributed by atoms with Gasteiger partial charge in [0.05, 0.1) is 17.8 Å². The van der Waals surface area contributed by atoms with Crippen molar-refractivity contribution in [3.8, 4) is 0 Å². The minimum absolute atomic E-state index is 0.145. The summed E-state index contributed by atoms with van der Waals surface area (Å²) >= 11 is 1.47. The molecule has 7 heteroatoms. The number of fused-ring (bicyclic) bond motifs is 1. The molecule has 0 spiro atoms. The summed E-state index contributed by atoms with van der Waals surface area (Å²) in [5, 5.41) is 11.7. The highest BCUT2D eigenvalue weighted by molar-refractivity contribution is 8.14. The third-order valence-electron chi connectivity index (χ3n) is 3.72. The smallest absolute Gasteiger partial charge is 0.232 e. The molecule has 3 aromatic rings. The van der Waals surface area contributed by atoms with Crippen LogP contribution in [-0.2, 0) is 11.2 Å². The number of thioether (sulfide) groups is 1. The lowest BCUT2D eigenvalue weighted by atomic mass is 10.1. The van der Waals surface area contributed by atoms with Crippen LogP contribution in [0.5, 0.6) is 0 Å². The van der Waals surface area contributed by atoms with Crippen molar-refractivity contribution in [2.75, 3.05) is 5.75 Å². The molecule has 6 nitrogen and oxygen atoms in total. The highest BCUT2D eigenvalue weighted by Gasteiger charge is 2.15. The average molecular weight is 349 g/mol. The van der Waals surface area contributed by atoms with Gasteiger partial charge in [-0.1, -0.05) is 48.2 Å². The second kappa shape index (κ2) is 6.90. The summed E-state index contributed by atoms with van der Waals surface area (Å²) < 4.78 is 1.89. The number of pyridine rings is 1. The number of hydrogen-bond donors (Lipinski definition) is 1. The van der Waals surface area contributed by atoms with Gasteiger partial charge >= 0.3 is 0 Å². The topological polar surface area (TPSA) is 71.1 Å². The van der Waals surface area contributed by atoms with Crippen LogP contribution in [0.4, 0.5) is 0 Å². The summed E-state index contributed by atoms with van der Waals surface area (Å²) in [5.41, 5.74) is 3.50. The molecule has 0 saturated carbocycles. The van der Waals surface area contributed by atoms with Crippen LogP contribution in [0.3, 0.4) is 0 Å². The van der Waals surface area contributed by atoms with Crippen molar-refractivity contribution in [1.29, 1.82) is 0 Å². The molecular weight excluding hydrogens is 334 g/mol. The van der Waals surface area contributed by atoms with E-state index in [4.69, 9.17) is 0 Å². The van der Waals surface area contributed by atoms with Crippen molar-refractivity contribution in [3.05, 3.63) is 72.2 Å². The Labute approximate surface area is 148 Å². The van der Waals surface area contributed by atoms with Gasteiger partial charge in [-0.25, -0.2) is 4.98 Å². The molecule has 25 heavy (non-hydrogen) atoms. The Morgan fingerprint density at radius 3 is 2.72 bits per heavy atom. The zero-order valence-electron chi connectivity index (χ0n) is 13.3. The molecule has 1 amide bonds. The number of nitrogens with one attached hydrogen (secondary N) is 1. The molecule has 1 aromatic carbocycles. The number of carbonyl (C=O) groups is 1. The minimum Gasteiger partial charge on any atom is -0.307 e. The monoisotopic (exact) mass is 349 g/mol. The number of benzene rings is 1. The molecular formula is C18H15N5OS. The van der Waals surface area contributed by atoms with E-state index >= 15 is 0 Å². The first-order valence-corrected chi connectivity index (χ1v) is 8.82. The Kier molecular flexibility index (Phi) is 4.30. The number of amidine groups is 1. The van der Waals surface area contributed by atoms with Gasteiger partial charge in [-0.3, -0.25) is 4.79 Å². The van der Waals surface area contributed by atoms with Crippen LogP contribution < -0.4 is 5.32 Å². The summed E-state index contributed by atoms with van der Waals surface area (Å²) in [7, 11) is 0. The number of imidazole rings is 1. The number of rotatable bonds is 3. The van der Waals surface area contributed by atoms with E-state index in [2.05, 4.69) is 20.5 Å². The van der Waals surface area contributed by atoms with Gasteiger partial charge in [0.2, 0.25) is 5.91 Å². The number of carbonyl (C=O) groups excluding carboxylic acids is 1. The Morgan fingerprint density at radius 1 is 1.12 bits per heavy atom. The molecule has 0 radical (unpaired) electrons. The zero-order valence-corrected chi connectivity index (χ0v) is 14.1. The quantitative estimate of drug-likeness (QED) is 0.790. The van der Waals surface area contributed by atoms with Crippen LogP contribution in [0.1, 0.15) is 11.3 Å². The lowest BCUT2D eigenvalue weighted by Gasteiger charge is -2.12. The van der Waals surface area contributed by atoms with E-state index in [1.54, 1.807) is 0 Å². The summed E-state index contributed by atoms with van der Waals surface area (Å²) in [4.78, 5) is 16.6. The second-order valence-corrected chi connectivity index (χ2v) is 6.49. The van der Waals surface area contributed by atoms with Gasteiger partial charge < -0.3 is 9.72 Å². The minimum atomic E-state index is -0.145. The largest absolute Gasteiger partial charge is 0.307 e. The fraction of sp³-hybridized carbons (Fsp3) is 0.111. The summed E-state index contributed by atoms with van der Waals surface area (Å²) in [6.07, 6.45) is 3.97. The predicted molar refractivity (Wildman–Crippen MR) is 99.9 cm³/mol. The Bertz CT molecular complexity index is 944. The maximum Gasteiger partial charge on any atom is 0.232 e. The fourth-order valence-electron chi connectivity index (χ4n) is 2.53. The molecule has 0 saturated heterocycles. The van der Waals surface area contributed by atoms with Gasteiger partial charge in [-0.15, -0.1) is 5.10 Å². The van der Waals surface area contributed by atoms with Crippen molar-refractivity contribution < 1.29 is 4.79 Å². The van der Waals surface area contributed by atoms with E-state index in [9.17, 15) is 4.79 Å². The fourth-order valence-corrected chi connectivity index (χ4v) is 3.32. The average Bonchev–Trinajstić information content (AvgIpc) is 3.05. The maximum absolute atomic E-state index is 12.2. The van der Waals surface area contributed by atoms with Crippen molar-refractivity contribution >= 4 is 34.2 Å². The lowest BCUT2D eigenvalue weighted by molar-refractivity contribution is -0.119. The summed E-state index contributed by atoms with van der Waals surface area (Å²) in [6.45, 7) is 0. The van der Waals surface area contributed by atoms with Crippen LogP contribution in [0, 0.1) is 0 Å². The van der Waals surface area contributed by atoms with Gasteiger partial charge in [0, 0.05) is 18.1 Å². The van der Waals surface area contributed by atoms with E-state index in [1.807, 2.05) is 65.3 Å². The maximum atomic E-state index is 12.2.